The van der Waals surface area contributed by atoms with Crippen molar-refractivity contribution in [2.45, 2.75) is 18.6 Å². The lowest BCUT2D eigenvalue weighted by molar-refractivity contribution is -0.169. The number of nitrogens with zero attached hydrogens (tertiary/aromatic N) is 1. The summed E-state index contributed by atoms with van der Waals surface area (Å²) in [6, 6.07) is 7.36. The van der Waals surface area contributed by atoms with E-state index in [9.17, 15) is 10.0 Å². The average Bonchev–Trinajstić information content (AvgIpc) is 2.88. The van der Waals surface area contributed by atoms with Gasteiger partial charge in [0.1, 0.15) is 0 Å². The molecule has 6 heteroatoms. The van der Waals surface area contributed by atoms with E-state index >= 15 is 0 Å². The van der Waals surface area contributed by atoms with Crippen LogP contribution >= 0.6 is 0 Å². The summed E-state index contributed by atoms with van der Waals surface area (Å²) in [4.78, 5) is 2.22. The maximum Gasteiger partial charge on any atom is 0.488 e. The van der Waals surface area contributed by atoms with Gasteiger partial charge in [-0.2, -0.15) is 0 Å². The Labute approximate surface area is 112 Å². The first kappa shape index (κ1) is 12.9. The normalized spacial score (nSPS) is 21.9. The van der Waals surface area contributed by atoms with Crippen molar-refractivity contribution in [2.24, 2.45) is 0 Å². The molecular weight excluding hydrogens is 245 g/mol. The van der Waals surface area contributed by atoms with Gasteiger partial charge in [0, 0.05) is 31.6 Å². The fourth-order valence-corrected chi connectivity index (χ4v) is 2.77. The summed E-state index contributed by atoms with van der Waals surface area (Å²) in [6.45, 7) is 3.08. The lowest BCUT2D eigenvalue weighted by Gasteiger charge is -2.38. The highest BCUT2D eigenvalue weighted by Gasteiger charge is 2.39. The van der Waals surface area contributed by atoms with Gasteiger partial charge in [-0.25, -0.2) is 0 Å². The molecule has 2 aliphatic heterocycles. The SMILES string of the molecule is OB(O)c1cccc(N2CCC3(CC2)OCCO3)c1. The van der Waals surface area contributed by atoms with E-state index in [1.54, 1.807) is 6.07 Å². The van der Waals surface area contributed by atoms with Gasteiger partial charge in [-0.15, -0.1) is 0 Å². The van der Waals surface area contributed by atoms with E-state index in [1.165, 1.54) is 0 Å². The molecule has 0 radical (unpaired) electrons. The Kier molecular flexibility index (Phi) is 3.49. The summed E-state index contributed by atoms with van der Waals surface area (Å²) >= 11 is 0. The van der Waals surface area contributed by atoms with Crippen LogP contribution in [0.1, 0.15) is 12.8 Å². The van der Waals surface area contributed by atoms with E-state index < -0.39 is 7.12 Å². The predicted molar refractivity (Wildman–Crippen MR) is 72.3 cm³/mol. The zero-order valence-corrected chi connectivity index (χ0v) is 10.8. The number of ether oxygens (including phenoxy) is 2. The molecule has 3 rings (SSSR count). The van der Waals surface area contributed by atoms with Crippen molar-refractivity contribution < 1.29 is 19.5 Å². The molecule has 0 aliphatic carbocycles. The first-order valence-electron chi connectivity index (χ1n) is 6.68. The van der Waals surface area contributed by atoms with Gasteiger partial charge in [0.2, 0.25) is 0 Å². The van der Waals surface area contributed by atoms with E-state index in [2.05, 4.69) is 4.90 Å². The molecule has 2 saturated heterocycles. The molecule has 5 nitrogen and oxygen atoms in total. The van der Waals surface area contributed by atoms with E-state index in [-0.39, 0.29) is 5.79 Å². The number of hydrogen-bond donors (Lipinski definition) is 2. The quantitative estimate of drug-likeness (QED) is 0.718. The molecule has 1 aromatic carbocycles. The molecule has 0 saturated carbocycles. The number of piperidine rings is 1. The fraction of sp³-hybridized carbons (Fsp3) is 0.538. The Morgan fingerprint density at radius 2 is 1.79 bits per heavy atom. The molecule has 0 amide bonds. The Hall–Kier alpha value is -1.08. The minimum Gasteiger partial charge on any atom is -0.423 e. The summed E-state index contributed by atoms with van der Waals surface area (Å²) in [7, 11) is -1.42. The highest BCUT2D eigenvalue weighted by molar-refractivity contribution is 6.58. The Morgan fingerprint density at radius 3 is 2.42 bits per heavy atom. The second-order valence-corrected chi connectivity index (χ2v) is 5.06. The highest BCUT2D eigenvalue weighted by Crippen LogP contribution is 2.32. The molecule has 1 aromatic rings. The molecule has 1 spiro atoms. The van der Waals surface area contributed by atoms with Crippen LogP contribution in [0.25, 0.3) is 0 Å². The van der Waals surface area contributed by atoms with Crippen molar-refractivity contribution in [1.82, 2.24) is 0 Å². The fourth-order valence-electron chi connectivity index (χ4n) is 2.77. The van der Waals surface area contributed by atoms with Gasteiger partial charge in [-0.1, -0.05) is 12.1 Å². The van der Waals surface area contributed by atoms with Crippen LogP contribution in [0.4, 0.5) is 5.69 Å². The first-order chi connectivity index (χ1) is 9.19. The molecule has 19 heavy (non-hydrogen) atoms. The third-order valence-corrected chi connectivity index (χ3v) is 3.87. The van der Waals surface area contributed by atoms with Crippen LogP contribution in [-0.4, -0.2) is 49.3 Å². The molecule has 102 valence electrons. The molecule has 0 aromatic heterocycles. The van der Waals surface area contributed by atoms with Gasteiger partial charge in [0.25, 0.3) is 0 Å². The molecular formula is C13H18BNO4. The van der Waals surface area contributed by atoms with Crippen LogP contribution < -0.4 is 10.4 Å². The Morgan fingerprint density at radius 1 is 1.11 bits per heavy atom. The minimum atomic E-state index is -1.42. The van der Waals surface area contributed by atoms with Crippen molar-refractivity contribution >= 4 is 18.3 Å². The van der Waals surface area contributed by atoms with Crippen molar-refractivity contribution in [3.63, 3.8) is 0 Å². The van der Waals surface area contributed by atoms with Gasteiger partial charge in [0.05, 0.1) is 13.2 Å². The maximum atomic E-state index is 9.21. The molecule has 2 N–H and O–H groups in total. The Balaban J connectivity index is 1.69. The van der Waals surface area contributed by atoms with Crippen LogP contribution in [-0.2, 0) is 9.47 Å². The van der Waals surface area contributed by atoms with Gasteiger partial charge in [-0.3, -0.25) is 0 Å². The van der Waals surface area contributed by atoms with E-state index in [0.29, 0.717) is 18.7 Å². The average molecular weight is 263 g/mol. The predicted octanol–water partition coefficient (Wildman–Crippen LogP) is -0.290. The van der Waals surface area contributed by atoms with Crippen LogP contribution in [0.3, 0.4) is 0 Å². The smallest absolute Gasteiger partial charge is 0.423 e. The van der Waals surface area contributed by atoms with Crippen LogP contribution in [0, 0.1) is 0 Å². The van der Waals surface area contributed by atoms with Gasteiger partial charge < -0.3 is 24.4 Å². The number of benzene rings is 1. The third-order valence-electron chi connectivity index (χ3n) is 3.87. The van der Waals surface area contributed by atoms with Crippen LogP contribution in [0.5, 0.6) is 0 Å². The number of rotatable bonds is 2. The minimum absolute atomic E-state index is 0.370. The molecule has 0 atom stereocenters. The summed E-state index contributed by atoms with van der Waals surface area (Å²) in [5.41, 5.74) is 1.53. The molecule has 0 unspecified atom stereocenters. The molecule has 2 fully saturated rings. The molecule has 2 aliphatic rings. The maximum absolute atomic E-state index is 9.21. The summed E-state index contributed by atoms with van der Waals surface area (Å²) in [6.07, 6.45) is 1.69. The van der Waals surface area contributed by atoms with Gasteiger partial charge in [-0.05, 0) is 17.6 Å². The summed E-state index contributed by atoms with van der Waals surface area (Å²) < 4.78 is 11.4. The molecule has 2 heterocycles. The standard InChI is InChI=1S/C13H18BNO4/c16-14(17)11-2-1-3-12(10-11)15-6-4-13(5-7-15)18-8-9-19-13/h1-3,10,16-17H,4-9H2. The van der Waals surface area contributed by atoms with Crippen LogP contribution in [0.15, 0.2) is 24.3 Å². The van der Waals surface area contributed by atoms with Gasteiger partial charge >= 0.3 is 7.12 Å². The Bertz CT molecular complexity index is 438. The third kappa shape index (κ3) is 2.62. The number of hydrogen-bond acceptors (Lipinski definition) is 5. The second-order valence-electron chi connectivity index (χ2n) is 5.06. The van der Waals surface area contributed by atoms with Gasteiger partial charge in [0.15, 0.2) is 5.79 Å². The highest BCUT2D eigenvalue weighted by atomic mass is 16.7. The van der Waals surface area contributed by atoms with Crippen molar-refractivity contribution in [3.05, 3.63) is 24.3 Å². The molecule has 0 bridgehead atoms. The summed E-state index contributed by atoms with van der Waals surface area (Å²) in [5.74, 6) is -0.370. The van der Waals surface area contributed by atoms with Crippen LogP contribution in [0.2, 0.25) is 0 Å². The zero-order valence-electron chi connectivity index (χ0n) is 10.8. The lowest BCUT2D eigenvalue weighted by atomic mass is 9.80. The first-order valence-corrected chi connectivity index (χ1v) is 6.68. The summed E-state index contributed by atoms with van der Waals surface area (Å²) in [5, 5.41) is 18.4. The van der Waals surface area contributed by atoms with Crippen molar-refractivity contribution in [3.8, 4) is 0 Å². The largest absolute Gasteiger partial charge is 0.488 e. The number of anilines is 1. The lowest BCUT2D eigenvalue weighted by Crippen LogP contribution is -2.45. The van der Waals surface area contributed by atoms with Crippen molar-refractivity contribution in [2.75, 3.05) is 31.2 Å². The topological polar surface area (TPSA) is 62.2 Å². The van der Waals surface area contributed by atoms with E-state index in [0.717, 1.165) is 31.6 Å². The second kappa shape index (κ2) is 5.13. The van der Waals surface area contributed by atoms with Crippen molar-refractivity contribution in [1.29, 1.82) is 0 Å². The monoisotopic (exact) mass is 263 g/mol. The van der Waals surface area contributed by atoms with E-state index in [4.69, 9.17) is 9.47 Å². The van der Waals surface area contributed by atoms with E-state index in [1.807, 2.05) is 18.2 Å². The zero-order chi connectivity index (χ0) is 13.3.